The summed E-state index contributed by atoms with van der Waals surface area (Å²) < 4.78 is 1.60. The lowest BCUT2D eigenvalue weighted by molar-refractivity contribution is 0.779. The number of halogens is 1. The van der Waals surface area contributed by atoms with Crippen molar-refractivity contribution < 1.29 is 0 Å². The van der Waals surface area contributed by atoms with Gasteiger partial charge >= 0.3 is 0 Å². The van der Waals surface area contributed by atoms with E-state index in [1.165, 1.54) is 0 Å². The maximum Gasteiger partial charge on any atom is 0.143 e. The average Bonchev–Trinajstić information content (AvgIpc) is 2.85. The number of rotatable bonds is 1. The Hall–Kier alpha value is -2.01. The van der Waals surface area contributed by atoms with Gasteiger partial charge in [0.1, 0.15) is 17.2 Å². The highest BCUT2D eigenvalue weighted by Gasteiger charge is 2.12. The molecule has 0 bridgehead atoms. The smallest absolute Gasteiger partial charge is 0.143 e. The Labute approximate surface area is 102 Å². The molecule has 86 valence electrons. The fourth-order valence-corrected chi connectivity index (χ4v) is 1.97. The van der Waals surface area contributed by atoms with Crippen molar-refractivity contribution in [2.24, 2.45) is 7.05 Å². The van der Waals surface area contributed by atoms with Crippen molar-refractivity contribution in [3.8, 4) is 11.4 Å². The summed E-state index contributed by atoms with van der Waals surface area (Å²) >= 11 is 6.07. The zero-order valence-electron chi connectivity index (χ0n) is 9.11. The van der Waals surface area contributed by atoms with Gasteiger partial charge in [-0.25, -0.2) is 4.98 Å². The molecule has 0 saturated heterocycles. The summed E-state index contributed by atoms with van der Waals surface area (Å²) in [5.74, 6) is 1.25. The van der Waals surface area contributed by atoms with Gasteiger partial charge in [-0.2, -0.15) is 5.10 Å². The largest absolute Gasteiger partial charge is 0.383 e. The van der Waals surface area contributed by atoms with Crippen LogP contribution in [0.15, 0.2) is 24.4 Å². The molecule has 5 nitrogen and oxygen atoms in total. The molecule has 0 aliphatic carbocycles. The minimum atomic E-state index is 0.570. The second kappa shape index (κ2) is 3.49. The predicted molar refractivity (Wildman–Crippen MR) is 67.7 cm³/mol. The number of aromatic amines is 1. The Morgan fingerprint density at radius 3 is 2.88 bits per heavy atom. The molecule has 0 amide bonds. The van der Waals surface area contributed by atoms with Gasteiger partial charge in [0, 0.05) is 7.05 Å². The van der Waals surface area contributed by atoms with Gasteiger partial charge in [0.15, 0.2) is 0 Å². The van der Waals surface area contributed by atoms with Crippen LogP contribution in [0.25, 0.3) is 22.4 Å². The van der Waals surface area contributed by atoms with E-state index >= 15 is 0 Å². The first-order valence-corrected chi connectivity index (χ1v) is 5.46. The minimum Gasteiger partial charge on any atom is -0.383 e. The maximum absolute atomic E-state index is 6.07. The number of hydrogen-bond donors (Lipinski definition) is 2. The molecule has 3 N–H and O–H groups in total. The van der Waals surface area contributed by atoms with Gasteiger partial charge in [0.25, 0.3) is 0 Å². The van der Waals surface area contributed by atoms with Gasteiger partial charge in [0.2, 0.25) is 0 Å². The molecule has 0 fully saturated rings. The van der Waals surface area contributed by atoms with E-state index in [-0.39, 0.29) is 0 Å². The van der Waals surface area contributed by atoms with Gasteiger partial charge in [-0.15, -0.1) is 0 Å². The van der Waals surface area contributed by atoms with Crippen LogP contribution in [0.3, 0.4) is 0 Å². The second-order valence-electron chi connectivity index (χ2n) is 3.79. The average molecular weight is 248 g/mol. The molecule has 3 aromatic rings. The SMILES string of the molecule is Cn1ncc(-c2nc3c(Cl)cccc3[nH]2)c1N. The number of nitrogens with zero attached hydrogens (tertiary/aromatic N) is 3. The normalized spacial score (nSPS) is 11.2. The highest BCUT2D eigenvalue weighted by molar-refractivity contribution is 6.35. The van der Waals surface area contributed by atoms with Crippen LogP contribution in [-0.4, -0.2) is 19.7 Å². The zero-order valence-corrected chi connectivity index (χ0v) is 9.86. The molecule has 0 aliphatic heterocycles. The van der Waals surface area contributed by atoms with Gasteiger partial charge in [-0.05, 0) is 12.1 Å². The van der Waals surface area contributed by atoms with Crippen LogP contribution in [0.4, 0.5) is 5.82 Å². The third-order valence-electron chi connectivity index (χ3n) is 2.70. The number of nitrogen functional groups attached to an aromatic ring is 1. The van der Waals surface area contributed by atoms with E-state index in [4.69, 9.17) is 17.3 Å². The monoisotopic (exact) mass is 247 g/mol. The summed E-state index contributed by atoms with van der Waals surface area (Å²) in [7, 11) is 1.79. The Morgan fingerprint density at radius 2 is 2.24 bits per heavy atom. The number of anilines is 1. The number of para-hydroxylation sites is 1. The Morgan fingerprint density at radius 1 is 1.41 bits per heavy atom. The fraction of sp³-hybridized carbons (Fsp3) is 0.0909. The van der Waals surface area contributed by atoms with Gasteiger partial charge < -0.3 is 10.7 Å². The molecule has 1 aromatic carbocycles. The standard InChI is InChI=1S/C11H10ClN5/c1-17-10(13)6(5-14-17)11-15-8-4-2-3-7(12)9(8)16-11/h2-5H,13H2,1H3,(H,15,16). The van der Waals surface area contributed by atoms with Crippen LogP contribution in [0.2, 0.25) is 5.02 Å². The number of imidazole rings is 1. The molecule has 6 heteroatoms. The molecule has 0 aliphatic rings. The third-order valence-corrected chi connectivity index (χ3v) is 3.01. The number of H-pyrrole nitrogens is 1. The third kappa shape index (κ3) is 1.47. The number of benzene rings is 1. The van der Waals surface area contributed by atoms with E-state index in [1.807, 2.05) is 12.1 Å². The van der Waals surface area contributed by atoms with E-state index in [0.717, 1.165) is 16.6 Å². The molecule has 0 spiro atoms. The highest BCUT2D eigenvalue weighted by Crippen LogP contribution is 2.27. The van der Waals surface area contributed by atoms with E-state index in [2.05, 4.69) is 15.1 Å². The van der Waals surface area contributed by atoms with Crippen LogP contribution < -0.4 is 5.73 Å². The van der Waals surface area contributed by atoms with Gasteiger partial charge in [0.05, 0.1) is 22.3 Å². The predicted octanol–water partition coefficient (Wildman–Crippen LogP) is 2.20. The Balaban J connectivity index is 2.25. The lowest BCUT2D eigenvalue weighted by atomic mass is 10.3. The molecule has 2 aromatic heterocycles. The zero-order chi connectivity index (χ0) is 12.0. The topological polar surface area (TPSA) is 72.5 Å². The molecule has 3 rings (SSSR count). The van der Waals surface area contributed by atoms with Crippen LogP contribution >= 0.6 is 11.6 Å². The number of aromatic nitrogens is 4. The number of nitrogens with one attached hydrogen (secondary N) is 1. The molecule has 17 heavy (non-hydrogen) atoms. The van der Waals surface area contributed by atoms with Crippen molar-refractivity contribution in [1.82, 2.24) is 19.7 Å². The summed E-state index contributed by atoms with van der Waals surface area (Å²) in [6.45, 7) is 0. The first kappa shape index (κ1) is 10.2. The molecule has 0 saturated carbocycles. The van der Waals surface area contributed by atoms with E-state index in [9.17, 15) is 0 Å². The molecule has 0 atom stereocenters. The lowest BCUT2D eigenvalue weighted by Crippen LogP contribution is -1.98. The van der Waals surface area contributed by atoms with Crippen LogP contribution in [-0.2, 0) is 7.05 Å². The van der Waals surface area contributed by atoms with Gasteiger partial charge in [-0.3, -0.25) is 4.68 Å². The first-order chi connectivity index (χ1) is 8.16. The number of aryl methyl sites for hydroxylation is 1. The van der Waals surface area contributed by atoms with Crippen molar-refractivity contribution in [3.63, 3.8) is 0 Å². The summed E-state index contributed by atoms with van der Waals surface area (Å²) in [4.78, 5) is 7.61. The van der Waals surface area contributed by atoms with Crippen molar-refractivity contribution in [3.05, 3.63) is 29.4 Å². The first-order valence-electron chi connectivity index (χ1n) is 5.09. The van der Waals surface area contributed by atoms with Crippen molar-refractivity contribution in [1.29, 1.82) is 0 Å². The molecule has 0 radical (unpaired) electrons. The Kier molecular flexibility index (Phi) is 2.09. The van der Waals surface area contributed by atoms with E-state index < -0.39 is 0 Å². The summed E-state index contributed by atoms with van der Waals surface area (Å²) in [5.41, 5.74) is 8.31. The maximum atomic E-state index is 6.07. The van der Waals surface area contributed by atoms with E-state index in [1.54, 1.807) is 24.0 Å². The lowest BCUT2D eigenvalue weighted by Gasteiger charge is -1.95. The number of nitrogens with two attached hydrogens (primary N) is 1. The summed E-state index contributed by atoms with van der Waals surface area (Å²) in [6, 6.07) is 5.60. The minimum absolute atomic E-state index is 0.570. The molecular weight excluding hydrogens is 238 g/mol. The molecule has 0 unspecified atom stereocenters. The number of fused-ring (bicyclic) bond motifs is 1. The van der Waals surface area contributed by atoms with Crippen molar-refractivity contribution >= 4 is 28.5 Å². The van der Waals surface area contributed by atoms with Crippen LogP contribution in [0.5, 0.6) is 0 Å². The van der Waals surface area contributed by atoms with Crippen LogP contribution in [0, 0.1) is 0 Å². The highest BCUT2D eigenvalue weighted by atomic mass is 35.5. The van der Waals surface area contributed by atoms with E-state index in [0.29, 0.717) is 16.7 Å². The summed E-state index contributed by atoms with van der Waals surface area (Å²) in [6.07, 6.45) is 1.68. The van der Waals surface area contributed by atoms with Crippen molar-refractivity contribution in [2.75, 3.05) is 5.73 Å². The van der Waals surface area contributed by atoms with Gasteiger partial charge in [-0.1, -0.05) is 17.7 Å². The molecule has 2 heterocycles. The molecular formula is C11H10ClN5. The Bertz CT molecular complexity index is 697. The summed E-state index contributed by atoms with van der Waals surface area (Å²) in [5, 5.41) is 4.70. The van der Waals surface area contributed by atoms with Crippen LogP contribution in [0.1, 0.15) is 0 Å². The fourth-order valence-electron chi connectivity index (χ4n) is 1.75. The quantitative estimate of drug-likeness (QED) is 0.692. The second-order valence-corrected chi connectivity index (χ2v) is 4.20. The number of hydrogen-bond acceptors (Lipinski definition) is 3. The van der Waals surface area contributed by atoms with Crippen molar-refractivity contribution in [2.45, 2.75) is 0 Å².